The quantitative estimate of drug-likeness (QED) is 0.645. The van der Waals surface area contributed by atoms with Gasteiger partial charge < -0.3 is 15.5 Å². The van der Waals surface area contributed by atoms with Crippen molar-refractivity contribution < 1.29 is 10.2 Å². The van der Waals surface area contributed by atoms with Crippen molar-refractivity contribution in [1.29, 1.82) is 0 Å². The highest BCUT2D eigenvalue weighted by Crippen LogP contribution is 2.23. The van der Waals surface area contributed by atoms with E-state index in [1.54, 1.807) is 0 Å². The average molecular weight is 213 g/mol. The molecule has 0 aromatic carbocycles. The van der Waals surface area contributed by atoms with E-state index in [2.05, 4.69) is 5.32 Å². The van der Waals surface area contributed by atoms with Gasteiger partial charge in [0.1, 0.15) is 0 Å². The summed E-state index contributed by atoms with van der Waals surface area (Å²) in [6.07, 6.45) is 8.25. The first kappa shape index (κ1) is 11.4. The summed E-state index contributed by atoms with van der Waals surface area (Å²) in [6.45, 7) is 0. The Morgan fingerprint density at radius 2 is 1.07 bits per heavy atom. The minimum atomic E-state index is -0.201. The van der Waals surface area contributed by atoms with Gasteiger partial charge in [-0.2, -0.15) is 0 Å². The van der Waals surface area contributed by atoms with Crippen LogP contribution in [0.25, 0.3) is 0 Å². The van der Waals surface area contributed by atoms with Crippen LogP contribution in [0.15, 0.2) is 0 Å². The number of aliphatic hydroxyl groups is 2. The summed E-state index contributed by atoms with van der Waals surface area (Å²) >= 11 is 0. The molecule has 88 valence electrons. The Kier molecular flexibility index (Phi) is 4.00. The molecule has 2 fully saturated rings. The number of nitrogens with one attached hydrogen (secondary N) is 1. The molecule has 0 radical (unpaired) electrons. The highest BCUT2D eigenvalue weighted by Gasteiger charge is 2.29. The molecule has 3 nitrogen and oxygen atoms in total. The fourth-order valence-electron chi connectivity index (χ4n) is 2.89. The minimum Gasteiger partial charge on any atom is -0.392 e. The van der Waals surface area contributed by atoms with Crippen molar-refractivity contribution in [2.75, 3.05) is 0 Å². The molecule has 0 saturated heterocycles. The van der Waals surface area contributed by atoms with Gasteiger partial charge in [-0.25, -0.2) is 0 Å². The molecule has 0 aliphatic heterocycles. The minimum absolute atomic E-state index is 0.201. The standard InChI is InChI=1S/C12H23NO2/c14-11-7-3-1-5-9(11)13-10-6-2-4-8-12(10)15/h9-15H,1-8H2/t9-,10?,11-,12+/m0/s1. The van der Waals surface area contributed by atoms with E-state index < -0.39 is 0 Å². The van der Waals surface area contributed by atoms with Gasteiger partial charge in [0.15, 0.2) is 0 Å². The van der Waals surface area contributed by atoms with Gasteiger partial charge in [0.2, 0.25) is 0 Å². The molecular weight excluding hydrogens is 190 g/mol. The summed E-state index contributed by atoms with van der Waals surface area (Å²) in [7, 11) is 0. The SMILES string of the molecule is O[C@@H]1CCCCC1N[C@H]1CCCC[C@@H]1O. The zero-order valence-corrected chi connectivity index (χ0v) is 9.36. The van der Waals surface area contributed by atoms with E-state index in [0.717, 1.165) is 38.5 Å². The van der Waals surface area contributed by atoms with Crippen LogP contribution in [0.4, 0.5) is 0 Å². The summed E-state index contributed by atoms with van der Waals surface area (Å²) in [5, 5.41) is 23.1. The van der Waals surface area contributed by atoms with Crippen LogP contribution in [0.3, 0.4) is 0 Å². The topological polar surface area (TPSA) is 52.5 Å². The monoisotopic (exact) mass is 213 g/mol. The van der Waals surface area contributed by atoms with Crippen LogP contribution in [-0.2, 0) is 0 Å². The second kappa shape index (κ2) is 5.28. The Morgan fingerprint density at radius 3 is 1.47 bits per heavy atom. The number of rotatable bonds is 2. The van der Waals surface area contributed by atoms with Crippen LogP contribution in [0.2, 0.25) is 0 Å². The maximum Gasteiger partial charge on any atom is 0.0693 e. The van der Waals surface area contributed by atoms with Crippen molar-refractivity contribution in [3.05, 3.63) is 0 Å². The van der Waals surface area contributed by atoms with E-state index in [1.807, 2.05) is 0 Å². The van der Waals surface area contributed by atoms with E-state index in [4.69, 9.17) is 0 Å². The number of aliphatic hydroxyl groups excluding tert-OH is 2. The maximum absolute atomic E-state index is 9.84. The normalized spacial score (nSPS) is 42.8. The van der Waals surface area contributed by atoms with E-state index in [9.17, 15) is 10.2 Å². The fourth-order valence-corrected chi connectivity index (χ4v) is 2.89. The lowest BCUT2D eigenvalue weighted by molar-refractivity contribution is 0.0446. The maximum atomic E-state index is 9.84. The van der Waals surface area contributed by atoms with Gasteiger partial charge in [0, 0.05) is 12.1 Å². The summed E-state index contributed by atoms with van der Waals surface area (Å²) in [6, 6.07) is 0.438. The Bertz CT molecular complexity index is 178. The molecule has 2 rings (SSSR count). The molecule has 0 bridgehead atoms. The van der Waals surface area contributed by atoms with Crippen LogP contribution < -0.4 is 5.32 Å². The third-order valence-electron chi connectivity index (χ3n) is 3.89. The second-order valence-electron chi connectivity index (χ2n) is 5.08. The van der Waals surface area contributed by atoms with Gasteiger partial charge >= 0.3 is 0 Å². The highest BCUT2D eigenvalue weighted by molar-refractivity contribution is 4.88. The molecule has 2 aliphatic rings. The summed E-state index contributed by atoms with van der Waals surface area (Å²) in [5.74, 6) is 0. The van der Waals surface area contributed by atoms with Crippen molar-refractivity contribution in [2.45, 2.75) is 75.7 Å². The zero-order valence-electron chi connectivity index (χ0n) is 9.36. The first-order valence-corrected chi connectivity index (χ1v) is 6.39. The van der Waals surface area contributed by atoms with Crippen molar-refractivity contribution in [1.82, 2.24) is 5.32 Å². The fraction of sp³-hybridized carbons (Fsp3) is 1.00. The molecule has 3 N–H and O–H groups in total. The molecule has 0 aromatic heterocycles. The molecule has 2 saturated carbocycles. The third kappa shape index (κ3) is 2.92. The summed E-state index contributed by atoms with van der Waals surface area (Å²) < 4.78 is 0. The molecule has 2 aliphatic carbocycles. The molecule has 3 heteroatoms. The molecule has 0 spiro atoms. The Balaban J connectivity index is 1.83. The Hall–Kier alpha value is -0.120. The van der Waals surface area contributed by atoms with E-state index in [-0.39, 0.29) is 24.3 Å². The van der Waals surface area contributed by atoms with E-state index >= 15 is 0 Å². The Labute approximate surface area is 91.9 Å². The van der Waals surface area contributed by atoms with Crippen molar-refractivity contribution in [3.8, 4) is 0 Å². The van der Waals surface area contributed by atoms with Crippen LogP contribution in [0, 0.1) is 0 Å². The Morgan fingerprint density at radius 1 is 0.667 bits per heavy atom. The smallest absolute Gasteiger partial charge is 0.0693 e. The largest absolute Gasteiger partial charge is 0.392 e. The van der Waals surface area contributed by atoms with Crippen LogP contribution in [0.5, 0.6) is 0 Å². The van der Waals surface area contributed by atoms with Gasteiger partial charge in [-0.05, 0) is 25.7 Å². The lowest BCUT2D eigenvalue weighted by atomic mass is 9.88. The van der Waals surface area contributed by atoms with Gasteiger partial charge in [0.05, 0.1) is 12.2 Å². The van der Waals surface area contributed by atoms with Crippen molar-refractivity contribution >= 4 is 0 Å². The predicted octanol–water partition coefficient (Wildman–Crippen LogP) is 1.18. The molecule has 0 aromatic rings. The molecule has 1 unspecified atom stereocenters. The van der Waals surface area contributed by atoms with Crippen LogP contribution >= 0.6 is 0 Å². The van der Waals surface area contributed by atoms with Crippen LogP contribution in [0.1, 0.15) is 51.4 Å². The van der Waals surface area contributed by atoms with Gasteiger partial charge in [0.25, 0.3) is 0 Å². The van der Waals surface area contributed by atoms with E-state index in [1.165, 1.54) is 12.8 Å². The summed E-state index contributed by atoms with van der Waals surface area (Å²) in [4.78, 5) is 0. The van der Waals surface area contributed by atoms with Gasteiger partial charge in [-0.1, -0.05) is 25.7 Å². The van der Waals surface area contributed by atoms with E-state index in [0.29, 0.717) is 0 Å². The lowest BCUT2D eigenvalue weighted by Gasteiger charge is -2.36. The lowest BCUT2D eigenvalue weighted by Crippen LogP contribution is -2.52. The molecule has 4 atom stereocenters. The van der Waals surface area contributed by atoms with Crippen LogP contribution in [-0.4, -0.2) is 34.5 Å². The average Bonchev–Trinajstić information content (AvgIpc) is 2.24. The highest BCUT2D eigenvalue weighted by atomic mass is 16.3. The van der Waals surface area contributed by atoms with Gasteiger partial charge in [-0.3, -0.25) is 0 Å². The first-order chi connectivity index (χ1) is 7.27. The number of hydrogen-bond acceptors (Lipinski definition) is 3. The predicted molar refractivity (Wildman–Crippen MR) is 59.7 cm³/mol. The molecule has 15 heavy (non-hydrogen) atoms. The van der Waals surface area contributed by atoms with Crippen molar-refractivity contribution in [2.24, 2.45) is 0 Å². The second-order valence-corrected chi connectivity index (χ2v) is 5.08. The summed E-state index contributed by atoms with van der Waals surface area (Å²) in [5.41, 5.74) is 0. The van der Waals surface area contributed by atoms with Crippen molar-refractivity contribution in [3.63, 3.8) is 0 Å². The molecule has 0 heterocycles. The molecular formula is C12H23NO2. The third-order valence-corrected chi connectivity index (χ3v) is 3.89. The first-order valence-electron chi connectivity index (χ1n) is 6.39. The molecule has 0 amide bonds. The zero-order chi connectivity index (χ0) is 10.7. The number of hydrogen-bond donors (Lipinski definition) is 3. The van der Waals surface area contributed by atoms with Gasteiger partial charge in [-0.15, -0.1) is 0 Å².